The van der Waals surface area contributed by atoms with Crippen molar-refractivity contribution in [3.05, 3.63) is 24.9 Å². The van der Waals surface area contributed by atoms with E-state index < -0.39 is 0 Å². The second kappa shape index (κ2) is 6.02. The van der Waals surface area contributed by atoms with E-state index >= 15 is 0 Å². The van der Waals surface area contributed by atoms with Gasteiger partial charge < -0.3 is 5.32 Å². The van der Waals surface area contributed by atoms with Crippen LogP contribution in [-0.2, 0) is 0 Å². The van der Waals surface area contributed by atoms with Crippen LogP contribution in [0.25, 0.3) is 0 Å². The SMILES string of the molecule is C=CNC(C/C=C\C)C(C)C. The Bertz CT molecular complexity index is 125. The summed E-state index contributed by atoms with van der Waals surface area (Å²) in [4.78, 5) is 0. The first-order valence-corrected chi connectivity index (χ1v) is 4.20. The number of hydrogen-bond acceptors (Lipinski definition) is 1. The smallest absolute Gasteiger partial charge is 0.0312 e. The highest BCUT2D eigenvalue weighted by molar-refractivity contribution is 4.87. The van der Waals surface area contributed by atoms with Crippen molar-refractivity contribution in [1.29, 1.82) is 0 Å². The third-order valence-corrected chi connectivity index (χ3v) is 1.76. The summed E-state index contributed by atoms with van der Waals surface area (Å²) >= 11 is 0. The Morgan fingerprint density at radius 1 is 1.45 bits per heavy atom. The van der Waals surface area contributed by atoms with Crippen LogP contribution in [0.15, 0.2) is 24.9 Å². The lowest BCUT2D eigenvalue weighted by molar-refractivity contribution is 0.444. The summed E-state index contributed by atoms with van der Waals surface area (Å²) in [6.07, 6.45) is 7.12. The van der Waals surface area contributed by atoms with E-state index in [0.29, 0.717) is 12.0 Å². The van der Waals surface area contributed by atoms with Gasteiger partial charge in [-0.1, -0.05) is 32.6 Å². The van der Waals surface area contributed by atoms with E-state index in [1.807, 2.05) is 6.92 Å². The van der Waals surface area contributed by atoms with Crippen molar-refractivity contribution < 1.29 is 0 Å². The van der Waals surface area contributed by atoms with Crippen LogP contribution in [0.5, 0.6) is 0 Å². The molecule has 0 fully saturated rings. The van der Waals surface area contributed by atoms with Crippen molar-refractivity contribution in [2.75, 3.05) is 0 Å². The maximum atomic E-state index is 3.66. The molecule has 0 aliphatic heterocycles. The molecule has 64 valence electrons. The first kappa shape index (κ1) is 10.3. The molecule has 1 atom stereocenters. The number of rotatable bonds is 5. The van der Waals surface area contributed by atoms with Gasteiger partial charge in [-0.3, -0.25) is 0 Å². The van der Waals surface area contributed by atoms with Crippen LogP contribution in [0.2, 0.25) is 0 Å². The van der Waals surface area contributed by atoms with Crippen LogP contribution < -0.4 is 5.32 Å². The van der Waals surface area contributed by atoms with E-state index in [4.69, 9.17) is 0 Å². The van der Waals surface area contributed by atoms with Gasteiger partial charge >= 0.3 is 0 Å². The summed E-state index contributed by atoms with van der Waals surface area (Å²) in [6.45, 7) is 10.1. The van der Waals surface area contributed by atoms with Gasteiger partial charge in [0.15, 0.2) is 0 Å². The molecule has 0 aromatic rings. The minimum absolute atomic E-state index is 0.531. The van der Waals surface area contributed by atoms with Crippen LogP contribution in [0, 0.1) is 5.92 Å². The monoisotopic (exact) mass is 153 g/mol. The molecule has 0 amide bonds. The maximum absolute atomic E-state index is 3.66. The average molecular weight is 153 g/mol. The highest BCUT2D eigenvalue weighted by atomic mass is 14.9. The molecular formula is C10H19N. The summed E-state index contributed by atoms with van der Waals surface area (Å²) in [5.41, 5.74) is 0. The Hall–Kier alpha value is -0.720. The van der Waals surface area contributed by atoms with Gasteiger partial charge in [0.2, 0.25) is 0 Å². The van der Waals surface area contributed by atoms with Gasteiger partial charge in [0.05, 0.1) is 0 Å². The van der Waals surface area contributed by atoms with Gasteiger partial charge in [-0.15, -0.1) is 0 Å². The predicted molar refractivity (Wildman–Crippen MR) is 51.4 cm³/mol. The highest BCUT2D eigenvalue weighted by Gasteiger charge is 2.07. The van der Waals surface area contributed by atoms with Crippen LogP contribution >= 0.6 is 0 Å². The van der Waals surface area contributed by atoms with Crippen LogP contribution in [0.3, 0.4) is 0 Å². The van der Waals surface area contributed by atoms with Gasteiger partial charge in [-0.2, -0.15) is 0 Å². The standard InChI is InChI=1S/C10H19N/c1-5-7-8-10(9(3)4)11-6-2/h5-7,9-11H,2,8H2,1,3-4H3/b7-5-. The van der Waals surface area contributed by atoms with E-state index in [1.165, 1.54) is 0 Å². The quantitative estimate of drug-likeness (QED) is 0.599. The van der Waals surface area contributed by atoms with E-state index in [-0.39, 0.29) is 0 Å². The first-order chi connectivity index (χ1) is 5.22. The molecule has 11 heavy (non-hydrogen) atoms. The van der Waals surface area contributed by atoms with Crippen molar-refractivity contribution >= 4 is 0 Å². The molecule has 1 heteroatoms. The van der Waals surface area contributed by atoms with Crippen LogP contribution in [-0.4, -0.2) is 6.04 Å². The minimum atomic E-state index is 0.531. The Morgan fingerprint density at radius 2 is 2.09 bits per heavy atom. The summed E-state index contributed by atoms with van der Waals surface area (Å²) in [7, 11) is 0. The first-order valence-electron chi connectivity index (χ1n) is 4.20. The fourth-order valence-electron chi connectivity index (χ4n) is 0.967. The fraction of sp³-hybridized carbons (Fsp3) is 0.600. The average Bonchev–Trinajstić information content (AvgIpc) is 1.97. The van der Waals surface area contributed by atoms with E-state index in [0.717, 1.165) is 6.42 Å². The van der Waals surface area contributed by atoms with Gasteiger partial charge in [0.25, 0.3) is 0 Å². The normalized spacial score (nSPS) is 13.8. The zero-order valence-corrected chi connectivity index (χ0v) is 7.80. The lowest BCUT2D eigenvalue weighted by Gasteiger charge is -2.19. The molecule has 0 aliphatic rings. The van der Waals surface area contributed by atoms with Gasteiger partial charge in [0.1, 0.15) is 0 Å². The zero-order chi connectivity index (χ0) is 8.69. The Labute approximate surface area is 70.2 Å². The zero-order valence-electron chi connectivity index (χ0n) is 7.80. The second-order valence-electron chi connectivity index (χ2n) is 3.03. The molecule has 0 rings (SSSR count). The van der Waals surface area contributed by atoms with Gasteiger partial charge in [-0.25, -0.2) is 0 Å². The highest BCUT2D eigenvalue weighted by Crippen LogP contribution is 2.06. The van der Waals surface area contributed by atoms with E-state index in [1.54, 1.807) is 6.20 Å². The number of allylic oxidation sites excluding steroid dienone is 1. The van der Waals surface area contributed by atoms with Crippen molar-refractivity contribution in [1.82, 2.24) is 5.32 Å². The van der Waals surface area contributed by atoms with Gasteiger partial charge in [-0.05, 0) is 25.5 Å². The van der Waals surface area contributed by atoms with Gasteiger partial charge in [0, 0.05) is 6.04 Å². The van der Waals surface area contributed by atoms with Crippen LogP contribution in [0.1, 0.15) is 27.2 Å². The Morgan fingerprint density at radius 3 is 2.45 bits per heavy atom. The Kier molecular flexibility index (Phi) is 5.63. The lowest BCUT2D eigenvalue weighted by atomic mass is 10.0. The van der Waals surface area contributed by atoms with Crippen molar-refractivity contribution in [3.63, 3.8) is 0 Å². The molecule has 0 saturated carbocycles. The maximum Gasteiger partial charge on any atom is 0.0312 e. The third-order valence-electron chi connectivity index (χ3n) is 1.76. The largest absolute Gasteiger partial charge is 0.388 e. The topological polar surface area (TPSA) is 12.0 Å². The molecule has 1 N–H and O–H groups in total. The number of nitrogens with one attached hydrogen (secondary N) is 1. The van der Waals surface area contributed by atoms with Crippen molar-refractivity contribution in [2.24, 2.45) is 5.92 Å². The molecule has 0 saturated heterocycles. The van der Waals surface area contributed by atoms with Crippen molar-refractivity contribution in [2.45, 2.75) is 33.2 Å². The van der Waals surface area contributed by atoms with Crippen molar-refractivity contribution in [3.8, 4) is 0 Å². The third kappa shape index (κ3) is 4.65. The molecule has 0 spiro atoms. The van der Waals surface area contributed by atoms with E-state index in [9.17, 15) is 0 Å². The molecule has 0 bridgehead atoms. The summed E-state index contributed by atoms with van der Waals surface area (Å²) in [5.74, 6) is 0.657. The summed E-state index contributed by atoms with van der Waals surface area (Å²) in [5, 5.41) is 3.23. The van der Waals surface area contributed by atoms with Crippen LogP contribution in [0.4, 0.5) is 0 Å². The lowest BCUT2D eigenvalue weighted by Crippen LogP contribution is -2.28. The molecule has 0 aliphatic carbocycles. The van der Waals surface area contributed by atoms with E-state index in [2.05, 4.69) is 37.9 Å². The molecular weight excluding hydrogens is 134 g/mol. The molecule has 1 unspecified atom stereocenters. The molecule has 1 nitrogen and oxygen atoms in total. The fourth-order valence-corrected chi connectivity index (χ4v) is 0.967. The Balaban J connectivity index is 3.78. The second-order valence-corrected chi connectivity index (χ2v) is 3.03. The summed E-state index contributed by atoms with van der Waals surface area (Å²) in [6, 6.07) is 0.531. The minimum Gasteiger partial charge on any atom is -0.388 e. The predicted octanol–water partition coefficient (Wildman–Crippen LogP) is 2.71. The molecule has 0 aromatic carbocycles. The molecule has 0 aromatic heterocycles. The number of hydrogen-bond donors (Lipinski definition) is 1. The summed E-state index contributed by atoms with van der Waals surface area (Å²) < 4.78 is 0. The molecule has 0 radical (unpaired) electrons. The molecule has 0 heterocycles.